The Balaban J connectivity index is 2.07. The van der Waals surface area contributed by atoms with E-state index in [1.165, 1.54) is 0 Å². The van der Waals surface area contributed by atoms with Crippen molar-refractivity contribution in [1.82, 2.24) is 25.5 Å². The van der Waals surface area contributed by atoms with Crippen LogP contribution < -0.4 is 5.32 Å². The Kier molecular flexibility index (Phi) is 4.65. The van der Waals surface area contributed by atoms with Gasteiger partial charge >= 0.3 is 0 Å². The van der Waals surface area contributed by atoms with Gasteiger partial charge in [0.05, 0.1) is 18.3 Å². The monoisotopic (exact) mass is 255 g/mol. The average molecular weight is 255 g/mol. The van der Waals surface area contributed by atoms with Crippen LogP contribution in [0.2, 0.25) is 0 Å². The van der Waals surface area contributed by atoms with E-state index in [9.17, 15) is 0 Å². The molecule has 1 atom stereocenters. The highest BCUT2D eigenvalue weighted by Crippen LogP contribution is 2.07. The molecule has 0 saturated carbocycles. The van der Waals surface area contributed by atoms with Crippen molar-refractivity contribution in [2.75, 3.05) is 0 Å². The Morgan fingerprint density at radius 1 is 1.37 bits per heavy atom. The van der Waals surface area contributed by atoms with Gasteiger partial charge in [-0.3, -0.25) is 5.32 Å². The largest absolute Gasteiger partial charge is 0.296 e. The summed E-state index contributed by atoms with van der Waals surface area (Å²) in [6.45, 7) is 2.66. The fraction of sp³-hybridized carbons (Fsp3) is 0.357. The molecule has 0 aliphatic heterocycles. The van der Waals surface area contributed by atoms with Gasteiger partial charge in [-0.1, -0.05) is 37.5 Å². The highest BCUT2D eigenvalue weighted by molar-refractivity contribution is 5.30. The highest BCUT2D eigenvalue weighted by Gasteiger charge is 2.09. The third-order valence-electron chi connectivity index (χ3n) is 2.82. The van der Waals surface area contributed by atoms with Crippen molar-refractivity contribution in [2.45, 2.75) is 32.4 Å². The lowest BCUT2D eigenvalue weighted by molar-refractivity contribution is 0.544. The fourth-order valence-corrected chi connectivity index (χ4v) is 1.83. The van der Waals surface area contributed by atoms with Crippen molar-refractivity contribution in [3.8, 4) is 18.0 Å². The SMILES string of the molecule is C#CC(CCC)NCc1nnnn1-c1ccccc1. The summed E-state index contributed by atoms with van der Waals surface area (Å²) in [6.07, 6.45) is 7.47. The number of aromatic nitrogens is 4. The highest BCUT2D eigenvalue weighted by atomic mass is 15.5. The number of tetrazole rings is 1. The van der Waals surface area contributed by atoms with E-state index in [1.54, 1.807) is 4.68 Å². The molecule has 0 saturated heterocycles. The molecule has 0 spiro atoms. The summed E-state index contributed by atoms with van der Waals surface area (Å²) in [5.74, 6) is 3.49. The van der Waals surface area contributed by atoms with Gasteiger partial charge in [-0.2, -0.15) is 4.68 Å². The van der Waals surface area contributed by atoms with Crippen LogP contribution in [0.15, 0.2) is 30.3 Å². The first-order valence-corrected chi connectivity index (χ1v) is 6.37. The number of hydrogen-bond donors (Lipinski definition) is 1. The lowest BCUT2D eigenvalue weighted by atomic mass is 10.2. The first-order valence-electron chi connectivity index (χ1n) is 6.37. The minimum absolute atomic E-state index is 0.0610. The van der Waals surface area contributed by atoms with Crippen molar-refractivity contribution < 1.29 is 0 Å². The van der Waals surface area contributed by atoms with Gasteiger partial charge < -0.3 is 0 Å². The summed E-state index contributed by atoms with van der Waals surface area (Å²) in [5, 5.41) is 15.0. The van der Waals surface area contributed by atoms with Gasteiger partial charge in [0.1, 0.15) is 0 Å². The molecule has 1 heterocycles. The van der Waals surface area contributed by atoms with Gasteiger partial charge in [0.2, 0.25) is 0 Å². The molecule has 0 bridgehead atoms. The molecular weight excluding hydrogens is 238 g/mol. The molecule has 1 unspecified atom stereocenters. The number of nitrogens with one attached hydrogen (secondary N) is 1. The zero-order valence-electron chi connectivity index (χ0n) is 11.0. The third kappa shape index (κ3) is 3.39. The maximum atomic E-state index is 5.48. The molecule has 0 aliphatic carbocycles. The average Bonchev–Trinajstić information content (AvgIpc) is 2.93. The first kappa shape index (κ1) is 13.2. The molecule has 2 rings (SSSR count). The van der Waals surface area contributed by atoms with Crippen LogP contribution in [0.25, 0.3) is 5.69 Å². The summed E-state index contributed by atoms with van der Waals surface area (Å²) in [4.78, 5) is 0. The Morgan fingerprint density at radius 3 is 2.84 bits per heavy atom. The molecule has 1 aromatic carbocycles. The van der Waals surface area contributed by atoms with Gasteiger partial charge in [0.25, 0.3) is 0 Å². The lowest BCUT2D eigenvalue weighted by Crippen LogP contribution is -2.28. The van der Waals surface area contributed by atoms with E-state index in [0.29, 0.717) is 6.54 Å². The number of nitrogens with zero attached hydrogens (tertiary/aromatic N) is 4. The summed E-state index contributed by atoms with van der Waals surface area (Å²) in [7, 11) is 0. The number of terminal acetylenes is 1. The van der Waals surface area contributed by atoms with E-state index in [2.05, 4.69) is 33.7 Å². The predicted octanol–water partition coefficient (Wildman–Crippen LogP) is 1.55. The Labute approximate surface area is 113 Å². The van der Waals surface area contributed by atoms with Crippen LogP contribution in [0.1, 0.15) is 25.6 Å². The number of para-hydroxylation sites is 1. The normalized spacial score (nSPS) is 12.0. The number of benzene rings is 1. The van der Waals surface area contributed by atoms with E-state index in [4.69, 9.17) is 6.42 Å². The van der Waals surface area contributed by atoms with Crippen molar-refractivity contribution in [2.24, 2.45) is 0 Å². The zero-order valence-corrected chi connectivity index (χ0v) is 11.0. The molecule has 5 nitrogen and oxygen atoms in total. The van der Waals surface area contributed by atoms with Crippen LogP contribution in [0, 0.1) is 12.3 Å². The van der Waals surface area contributed by atoms with E-state index >= 15 is 0 Å². The Bertz CT molecular complexity index is 540. The molecule has 19 heavy (non-hydrogen) atoms. The molecule has 2 aromatic rings. The van der Waals surface area contributed by atoms with E-state index in [0.717, 1.165) is 24.4 Å². The molecule has 1 aromatic heterocycles. The number of rotatable bonds is 6. The quantitative estimate of drug-likeness (QED) is 0.796. The maximum Gasteiger partial charge on any atom is 0.170 e. The van der Waals surface area contributed by atoms with Crippen LogP contribution in [-0.4, -0.2) is 26.2 Å². The third-order valence-corrected chi connectivity index (χ3v) is 2.82. The predicted molar refractivity (Wildman–Crippen MR) is 73.5 cm³/mol. The van der Waals surface area contributed by atoms with Crippen LogP contribution >= 0.6 is 0 Å². The molecule has 0 fully saturated rings. The second kappa shape index (κ2) is 6.66. The fourth-order valence-electron chi connectivity index (χ4n) is 1.83. The zero-order chi connectivity index (χ0) is 13.5. The van der Waals surface area contributed by atoms with Gasteiger partial charge in [0, 0.05) is 0 Å². The molecule has 0 aliphatic rings. The van der Waals surface area contributed by atoms with E-state index < -0.39 is 0 Å². The van der Waals surface area contributed by atoms with Gasteiger partial charge in [-0.05, 0) is 29.0 Å². The first-order chi connectivity index (χ1) is 9.35. The molecule has 0 amide bonds. The summed E-state index contributed by atoms with van der Waals surface area (Å²) in [6, 6.07) is 9.85. The second-order valence-corrected chi connectivity index (χ2v) is 4.23. The maximum absolute atomic E-state index is 5.48. The van der Waals surface area contributed by atoms with Crippen molar-refractivity contribution in [1.29, 1.82) is 0 Å². The Morgan fingerprint density at radius 2 is 2.16 bits per heavy atom. The summed E-state index contributed by atoms with van der Waals surface area (Å²) < 4.78 is 1.71. The topological polar surface area (TPSA) is 55.6 Å². The summed E-state index contributed by atoms with van der Waals surface area (Å²) >= 11 is 0. The summed E-state index contributed by atoms with van der Waals surface area (Å²) in [5.41, 5.74) is 0.942. The minimum Gasteiger partial charge on any atom is -0.296 e. The van der Waals surface area contributed by atoms with Crippen molar-refractivity contribution in [3.63, 3.8) is 0 Å². The van der Waals surface area contributed by atoms with Crippen molar-refractivity contribution >= 4 is 0 Å². The van der Waals surface area contributed by atoms with Crippen molar-refractivity contribution in [3.05, 3.63) is 36.2 Å². The van der Waals surface area contributed by atoms with Crippen LogP contribution in [0.4, 0.5) is 0 Å². The standard InChI is InChI=1S/C14H17N5/c1-3-8-12(4-2)15-11-14-16-17-18-19(14)13-9-6-5-7-10-13/h2,5-7,9-10,12,15H,3,8,11H2,1H3. The smallest absolute Gasteiger partial charge is 0.170 e. The molecule has 98 valence electrons. The van der Waals surface area contributed by atoms with Gasteiger partial charge in [0.15, 0.2) is 5.82 Å². The van der Waals surface area contributed by atoms with Gasteiger partial charge in [-0.15, -0.1) is 11.5 Å². The van der Waals surface area contributed by atoms with Crippen LogP contribution in [0.3, 0.4) is 0 Å². The number of hydrogen-bond acceptors (Lipinski definition) is 4. The van der Waals surface area contributed by atoms with E-state index in [1.807, 2.05) is 30.3 Å². The molecule has 5 heteroatoms. The second-order valence-electron chi connectivity index (χ2n) is 4.23. The van der Waals surface area contributed by atoms with Gasteiger partial charge in [-0.25, -0.2) is 0 Å². The molecule has 1 N–H and O–H groups in total. The Hall–Kier alpha value is -2.19. The lowest BCUT2D eigenvalue weighted by Gasteiger charge is -2.11. The van der Waals surface area contributed by atoms with Crippen LogP contribution in [-0.2, 0) is 6.54 Å². The molecule has 0 radical (unpaired) electrons. The molecular formula is C14H17N5. The van der Waals surface area contributed by atoms with E-state index in [-0.39, 0.29) is 6.04 Å². The van der Waals surface area contributed by atoms with Crippen LogP contribution in [0.5, 0.6) is 0 Å². The minimum atomic E-state index is 0.0610.